The maximum atomic E-state index is 6.00. The Hall–Kier alpha value is -1.36. The van der Waals surface area contributed by atoms with E-state index in [-0.39, 0.29) is 11.7 Å². The maximum Gasteiger partial charge on any atom is 0.137 e. The van der Waals surface area contributed by atoms with E-state index in [2.05, 4.69) is 49.8 Å². The Morgan fingerprint density at radius 2 is 2.10 bits per heavy atom. The molecule has 5 nitrogen and oxygen atoms in total. The van der Waals surface area contributed by atoms with E-state index in [0.29, 0.717) is 0 Å². The topological polar surface area (TPSA) is 50.3 Å². The van der Waals surface area contributed by atoms with Crippen molar-refractivity contribution >= 4 is 11.6 Å². The molecule has 2 rings (SSSR count). The molecule has 1 aromatic heterocycles. The number of anilines is 2. The van der Waals surface area contributed by atoms with Crippen molar-refractivity contribution in [1.82, 2.24) is 9.97 Å². The number of rotatable bonds is 4. The van der Waals surface area contributed by atoms with Gasteiger partial charge in [0.05, 0.1) is 11.7 Å². The van der Waals surface area contributed by atoms with Crippen LogP contribution in [0, 0.1) is 6.92 Å². The summed E-state index contributed by atoms with van der Waals surface area (Å²) < 4.78 is 6.00. The molecule has 0 spiro atoms. The lowest BCUT2D eigenvalue weighted by Crippen LogP contribution is -2.52. The van der Waals surface area contributed by atoms with Crippen LogP contribution < -0.4 is 10.2 Å². The highest BCUT2D eigenvalue weighted by atomic mass is 16.5. The first-order valence-corrected chi connectivity index (χ1v) is 7.84. The van der Waals surface area contributed by atoms with Crippen LogP contribution in [-0.2, 0) is 11.2 Å². The minimum absolute atomic E-state index is 0.153. The molecule has 1 fully saturated rings. The number of hydrogen-bond acceptors (Lipinski definition) is 5. The minimum Gasteiger partial charge on any atom is -0.373 e. The van der Waals surface area contributed by atoms with Crippen molar-refractivity contribution in [2.75, 3.05) is 30.4 Å². The number of morpholine rings is 1. The largest absolute Gasteiger partial charge is 0.373 e. The number of ether oxygens (including phenoxy) is 1. The molecule has 1 N–H and O–H groups in total. The number of nitrogens with zero attached hydrogens (tertiary/aromatic N) is 3. The summed E-state index contributed by atoms with van der Waals surface area (Å²) in [5, 5.41) is 3.20. The van der Waals surface area contributed by atoms with Gasteiger partial charge in [0.25, 0.3) is 0 Å². The van der Waals surface area contributed by atoms with Gasteiger partial charge in [0.2, 0.25) is 0 Å². The van der Waals surface area contributed by atoms with Crippen LogP contribution in [-0.4, -0.2) is 41.8 Å². The van der Waals surface area contributed by atoms with E-state index in [1.54, 1.807) is 0 Å². The first kappa shape index (κ1) is 16.0. The first-order chi connectivity index (χ1) is 9.86. The van der Waals surface area contributed by atoms with Crippen molar-refractivity contribution in [1.29, 1.82) is 0 Å². The molecule has 2 heterocycles. The van der Waals surface area contributed by atoms with E-state index in [1.807, 2.05) is 7.05 Å². The van der Waals surface area contributed by atoms with Gasteiger partial charge in [-0.2, -0.15) is 0 Å². The second-order valence-electron chi connectivity index (χ2n) is 6.51. The summed E-state index contributed by atoms with van der Waals surface area (Å²) >= 11 is 0. The lowest BCUT2D eigenvalue weighted by Gasteiger charge is -2.42. The number of hydrogen-bond donors (Lipinski definition) is 1. The third-order valence-corrected chi connectivity index (χ3v) is 3.75. The second kappa shape index (κ2) is 6.18. The Balaban J connectivity index is 2.39. The van der Waals surface area contributed by atoms with Gasteiger partial charge < -0.3 is 15.0 Å². The molecular weight excluding hydrogens is 264 g/mol. The normalized spacial score (nSPS) is 21.4. The monoisotopic (exact) mass is 292 g/mol. The highest BCUT2D eigenvalue weighted by Crippen LogP contribution is 2.29. The molecule has 1 unspecified atom stereocenters. The van der Waals surface area contributed by atoms with Gasteiger partial charge in [0.15, 0.2) is 0 Å². The van der Waals surface area contributed by atoms with Crippen molar-refractivity contribution in [3.63, 3.8) is 0 Å². The van der Waals surface area contributed by atoms with Gasteiger partial charge in [-0.25, -0.2) is 9.97 Å². The molecule has 0 amide bonds. The van der Waals surface area contributed by atoms with Crippen LogP contribution >= 0.6 is 0 Å². The summed E-state index contributed by atoms with van der Waals surface area (Å²) in [6.07, 6.45) is 2.16. The van der Waals surface area contributed by atoms with E-state index in [4.69, 9.17) is 9.72 Å². The van der Waals surface area contributed by atoms with Gasteiger partial charge in [-0.1, -0.05) is 6.92 Å². The molecule has 1 aliphatic heterocycles. The standard InChI is InChI=1S/C16H28N4O/c1-7-8-13-18-14(17-6)12(3)15(19-13)20-9-11(2)21-16(4,5)10-20/h11H,7-10H2,1-6H3,(H,17,18,19). The number of nitrogens with one attached hydrogen (secondary N) is 1. The Morgan fingerprint density at radius 1 is 1.38 bits per heavy atom. The molecule has 21 heavy (non-hydrogen) atoms. The average molecular weight is 292 g/mol. The molecule has 0 bridgehead atoms. The fourth-order valence-electron chi connectivity index (χ4n) is 3.05. The molecule has 118 valence electrons. The molecule has 0 saturated carbocycles. The van der Waals surface area contributed by atoms with E-state index >= 15 is 0 Å². The van der Waals surface area contributed by atoms with Crippen molar-refractivity contribution in [2.24, 2.45) is 0 Å². The van der Waals surface area contributed by atoms with Crippen LogP contribution in [0.3, 0.4) is 0 Å². The van der Waals surface area contributed by atoms with Crippen molar-refractivity contribution < 1.29 is 4.74 Å². The lowest BCUT2D eigenvalue weighted by molar-refractivity contribution is -0.0752. The third-order valence-electron chi connectivity index (χ3n) is 3.75. The van der Waals surface area contributed by atoms with Gasteiger partial charge in [-0.15, -0.1) is 0 Å². The van der Waals surface area contributed by atoms with Crippen molar-refractivity contribution in [3.05, 3.63) is 11.4 Å². The van der Waals surface area contributed by atoms with Crippen LogP contribution in [0.25, 0.3) is 0 Å². The molecule has 0 radical (unpaired) electrons. The molecule has 1 aromatic rings. The summed E-state index contributed by atoms with van der Waals surface area (Å²) in [6, 6.07) is 0. The van der Waals surface area contributed by atoms with Crippen LogP contribution in [0.2, 0.25) is 0 Å². The zero-order valence-electron chi connectivity index (χ0n) is 14.2. The predicted octanol–water partition coefficient (Wildman–Crippen LogP) is 2.78. The van der Waals surface area contributed by atoms with E-state index in [0.717, 1.165) is 49.0 Å². The van der Waals surface area contributed by atoms with Gasteiger partial charge >= 0.3 is 0 Å². The predicted molar refractivity (Wildman–Crippen MR) is 87.1 cm³/mol. The minimum atomic E-state index is -0.153. The molecule has 1 aliphatic rings. The van der Waals surface area contributed by atoms with Crippen LogP contribution in [0.1, 0.15) is 45.5 Å². The van der Waals surface area contributed by atoms with Gasteiger partial charge in [-0.3, -0.25) is 0 Å². The van der Waals surface area contributed by atoms with Gasteiger partial charge in [0, 0.05) is 32.1 Å². The fourth-order valence-corrected chi connectivity index (χ4v) is 3.05. The highest BCUT2D eigenvalue weighted by molar-refractivity contribution is 5.59. The Kier molecular flexibility index (Phi) is 4.71. The molecule has 5 heteroatoms. The number of aromatic nitrogens is 2. The quantitative estimate of drug-likeness (QED) is 0.924. The summed E-state index contributed by atoms with van der Waals surface area (Å²) in [4.78, 5) is 11.8. The smallest absolute Gasteiger partial charge is 0.137 e. The van der Waals surface area contributed by atoms with Gasteiger partial charge in [-0.05, 0) is 34.1 Å². The highest BCUT2D eigenvalue weighted by Gasteiger charge is 2.33. The summed E-state index contributed by atoms with van der Waals surface area (Å²) in [6.45, 7) is 12.4. The Morgan fingerprint density at radius 3 is 2.67 bits per heavy atom. The fraction of sp³-hybridized carbons (Fsp3) is 0.750. The summed E-state index contributed by atoms with van der Waals surface area (Å²) in [5.41, 5.74) is 0.960. The SMILES string of the molecule is CCCc1nc(NC)c(C)c(N2CC(C)OC(C)(C)C2)n1. The van der Waals surface area contributed by atoms with Gasteiger partial charge in [0.1, 0.15) is 17.5 Å². The summed E-state index contributed by atoms with van der Waals surface area (Å²) in [5.74, 6) is 2.89. The zero-order chi connectivity index (χ0) is 15.6. The third kappa shape index (κ3) is 3.64. The van der Waals surface area contributed by atoms with Crippen molar-refractivity contribution in [3.8, 4) is 0 Å². The molecule has 1 atom stereocenters. The Bertz CT molecular complexity index is 501. The lowest BCUT2D eigenvalue weighted by atomic mass is 10.0. The average Bonchev–Trinajstić information content (AvgIpc) is 2.38. The molecule has 1 saturated heterocycles. The zero-order valence-corrected chi connectivity index (χ0v) is 14.2. The maximum absolute atomic E-state index is 6.00. The summed E-state index contributed by atoms with van der Waals surface area (Å²) in [7, 11) is 1.92. The van der Waals surface area contributed by atoms with E-state index in [1.165, 1.54) is 0 Å². The first-order valence-electron chi connectivity index (χ1n) is 7.84. The van der Waals surface area contributed by atoms with Crippen LogP contribution in [0.15, 0.2) is 0 Å². The van der Waals surface area contributed by atoms with E-state index < -0.39 is 0 Å². The molecule has 0 aromatic carbocycles. The van der Waals surface area contributed by atoms with Crippen LogP contribution in [0.5, 0.6) is 0 Å². The molecular formula is C16H28N4O. The van der Waals surface area contributed by atoms with Crippen molar-refractivity contribution in [2.45, 2.75) is 59.2 Å². The molecule has 0 aliphatic carbocycles. The van der Waals surface area contributed by atoms with Crippen LogP contribution in [0.4, 0.5) is 11.6 Å². The van der Waals surface area contributed by atoms with E-state index in [9.17, 15) is 0 Å². The second-order valence-corrected chi connectivity index (χ2v) is 6.51. The Labute approximate surface area is 128 Å². The number of aryl methyl sites for hydroxylation is 1.